The van der Waals surface area contributed by atoms with Crippen molar-refractivity contribution in [1.29, 1.82) is 0 Å². The largest absolute Gasteiger partial charge is 0.481 e. The lowest BCUT2D eigenvalue weighted by molar-refractivity contribution is -0.149. The van der Waals surface area contributed by atoms with E-state index in [1.54, 1.807) is 12.1 Å². The van der Waals surface area contributed by atoms with Crippen LogP contribution in [0.5, 0.6) is 5.88 Å². The molecule has 160 valence electrons. The Balaban J connectivity index is 1.41. The number of rotatable bonds is 5. The number of hydrazine groups is 1. The van der Waals surface area contributed by atoms with Crippen LogP contribution < -0.4 is 10.2 Å². The molecule has 1 N–H and O–H groups in total. The minimum absolute atomic E-state index is 0.363. The van der Waals surface area contributed by atoms with Crippen LogP contribution >= 0.6 is 11.6 Å². The SMILES string of the molecule is COc1nc2ccccc2cc1C1C(Cl)C(=O)N1NC(=O)c1ccc(-n2cccc2)cc1. The molecule has 0 bridgehead atoms. The van der Waals surface area contributed by atoms with Crippen molar-refractivity contribution < 1.29 is 14.3 Å². The number of pyridine rings is 1. The van der Waals surface area contributed by atoms with Crippen molar-refractivity contribution in [2.45, 2.75) is 11.4 Å². The van der Waals surface area contributed by atoms with Gasteiger partial charge in [-0.15, -0.1) is 11.6 Å². The van der Waals surface area contributed by atoms with E-state index in [0.717, 1.165) is 16.6 Å². The number of nitrogens with zero attached hydrogens (tertiary/aromatic N) is 3. The number of carbonyl (C=O) groups is 2. The lowest BCUT2D eigenvalue weighted by Gasteiger charge is -2.44. The van der Waals surface area contributed by atoms with E-state index in [1.165, 1.54) is 12.1 Å². The van der Waals surface area contributed by atoms with Crippen LogP contribution in [0.3, 0.4) is 0 Å². The minimum Gasteiger partial charge on any atom is -0.481 e. The van der Waals surface area contributed by atoms with Crippen LogP contribution in [-0.4, -0.2) is 38.9 Å². The first-order valence-electron chi connectivity index (χ1n) is 10.0. The van der Waals surface area contributed by atoms with Crippen LogP contribution in [-0.2, 0) is 4.79 Å². The van der Waals surface area contributed by atoms with Gasteiger partial charge in [0.2, 0.25) is 5.88 Å². The maximum Gasteiger partial charge on any atom is 0.269 e. The average molecular weight is 447 g/mol. The highest BCUT2D eigenvalue weighted by atomic mass is 35.5. The highest BCUT2D eigenvalue weighted by Gasteiger charge is 2.50. The smallest absolute Gasteiger partial charge is 0.269 e. The molecule has 0 spiro atoms. The van der Waals surface area contributed by atoms with Gasteiger partial charge in [0, 0.05) is 34.6 Å². The molecule has 7 nitrogen and oxygen atoms in total. The van der Waals surface area contributed by atoms with E-state index in [2.05, 4.69) is 10.4 Å². The summed E-state index contributed by atoms with van der Waals surface area (Å²) < 4.78 is 7.40. The van der Waals surface area contributed by atoms with Crippen molar-refractivity contribution in [2.24, 2.45) is 0 Å². The van der Waals surface area contributed by atoms with Gasteiger partial charge in [0.1, 0.15) is 11.4 Å². The number of amides is 2. The quantitative estimate of drug-likeness (QED) is 0.373. The van der Waals surface area contributed by atoms with Gasteiger partial charge in [-0.1, -0.05) is 18.2 Å². The molecule has 1 saturated heterocycles. The Hall–Kier alpha value is -3.84. The van der Waals surface area contributed by atoms with Gasteiger partial charge in [-0.25, -0.2) is 9.99 Å². The second-order valence-corrected chi connectivity index (χ2v) is 7.88. The molecule has 2 aromatic carbocycles. The Morgan fingerprint density at radius 3 is 2.50 bits per heavy atom. The highest BCUT2D eigenvalue weighted by molar-refractivity contribution is 6.33. The van der Waals surface area contributed by atoms with Gasteiger partial charge in [-0.2, -0.15) is 0 Å². The molecule has 0 saturated carbocycles. The first kappa shape index (κ1) is 20.1. The van der Waals surface area contributed by atoms with Crippen molar-refractivity contribution in [1.82, 2.24) is 20.0 Å². The van der Waals surface area contributed by atoms with Gasteiger partial charge >= 0.3 is 0 Å². The zero-order chi connectivity index (χ0) is 22.2. The number of hydrogen-bond acceptors (Lipinski definition) is 4. The molecule has 0 aliphatic carbocycles. The second kappa shape index (κ2) is 8.01. The van der Waals surface area contributed by atoms with Gasteiger partial charge in [0.15, 0.2) is 0 Å². The van der Waals surface area contributed by atoms with E-state index in [0.29, 0.717) is 17.0 Å². The fraction of sp³-hybridized carbons (Fsp3) is 0.125. The zero-order valence-electron chi connectivity index (χ0n) is 17.1. The normalized spacial score (nSPS) is 17.8. The van der Waals surface area contributed by atoms with Gasteiger partial charge in [-0.3, -0.25) is 15.0 Å². The number of aromatic nitrogens is 2. The number of fused-ring (bicyclic) bond motifs is 1. The van der Waals surface area contributed by atoms with Crippen molar-refractivity contribution in [2.75, 3.05) is 7.11 Å². The van der Waals surface area contributed by atoms with Crippen LogP contribution in [0.1, 0.15) is 22.0 Å². The Bertz CT molecular complexity index is 1300. The highest BCUT2D eigenvalue weighted by Crippen LogP contribution is 2.41. The van der Waals surface area contributed by atoms with Gasteiger partial charge in [-0.05, 0) is 48.5 Å². The van der Waals surface area contributed by atoms with E-state index in [9.17, 15) is 9.59 Å². The molecule has 2 unspecified atom stereocenters. The van der Waals surface area contributed by atoms with Crippen molar-refractivity contribution in [3.05, 3.63) is 90.3 Å². The minimum atomic E-state index is -0.830. The maximum atomic E-state index is 12.8. The van der Waals surface area contributed by atoms with Gasteiger partial charge in [0.05, 0.1) is 12.6 Å². The summed E-state index contributed by atoms with van der Waals surface area (Å²) in [5.74, 6) is -0.426. The third-order valence-corrected chi connectivity index (χ3v) is 5.94. The Morgan fingerprint density at radius 1 is 1.06 bits per heavy atom. The molecule has 1 fully saturated rings. The van der Waals surface area contributed by atoms with Crippen LogP contribution in [0.2, 0.25) is 0 Å². The molecule has 8 heteroatoms. The van der Waals surface area contributed by atoms with E-state index >= 15 is 0 Å². The molecule has 3 heterocycles. The Labute approximate surface area is 189 Å². The fourth-order valence-corrected chi connectivity index (χ4v) is 4.18. The first-order chi connectivity index (χ1) is 15.6. The Morgan fingerprint density at radius 2 is 1.78 bits per heavy atom. The van der Waals surface area contributed by atoms with Crippen molar-refractivity contribution in [3.63, 3.8) is 0 Å². The number of carbonyl (C=O) groups excluding carboxylic acids is 2. The summed E-state index contributed by atoms with van der Waals surface area (Å²) in [5, 5.41) is 1.30. The summed E-state index contributed by atoms with van der Waals surface area (Å²) in [6.07, 6.45) is 3.84. The lowest BCUT2D eigenvalue weighted by Crippen LogP contribution is -2.63. The summed E-state index contributed by atoms with van der Waals surface area (Å²) in [7, 11) is 1.51. The van der Waals surface area contributed by atoms with Crippen molar-refractivity contribution >= 4 is 34.3 Å². The predicted octanol–water partition coefficient (Wildman–Crippen LogP) is 3.87. The topological polar surface area (TPSA) is 76.5 Å². The predicted molar refractivity (Wildman–Crippen MR) is 121 cm³/mol. The maximum absolute atomic E-state index is 12.8. The number of β-lactam (4-membered cyclic amide) rings is 1. The van der Waals surface area contributed by atoms with Gasteiger partial charge < -0.3 is 9.30 Å². The Kier molecular flexibility index (Phi) is 5.03. The van der Waals surface area contributed by atoms with Crippen LogP contribution in [0.4, 0.5) is 0 Å². The number of alkyl halides is 1. The summed E-state index contributed by atoms with van der Waals surface area (Å²) in [5.41, 5.74) is 5.44. The van der Waals surface area contributed by atoms with E-state index in [-0.39, 0.29) is 5.91 Å². The summed E-state index contributed by atoms with van der Waals surface area (Å²) in [4.78, 5) is 29.9. The molecule has 5 rings (SSSR count). The van der Waals surface area contributed by atoms with Crippen LogP contribution in [0.15, 0.2) is 79.1 Å². The number of halogens is 1. The lowest BCUT2D eigenvalue weighted by atomic mass is 9.95. The third-order valence-electron chi connectivity index (χ3n) is 5.51. The van der Waals surface area contributed by atoms with Gasteiger partial charge in [0.25, 0.3) is 11.8 Å². The molecule has 32 heavy (non-hydrogen) atoms. The number of methoxy groups -OCH3 is 1. The first-order valence-corrected chi connectivity index (χ1v) is 10.5. The third kappa shape index (κ3) is 3.36. The molecule has 4 aromatic rings. The summed E-state index contributed by atoms with van der Waals surface area (Å²) in [6.45, 7) is 0. The molecule has 2 amide bonds. The van der Waals surface area contributed by atoms with E-state index < -0.39 is 17.3 Å². The van der Waals surface area contributed by atoms with Crippen LogP contribution in [0, 0.1) is 0 Å². The standard InChI is InChI=1S/C24H19ClN4O3/c1-32-23-18(14-16-6-2-3-7-19(16)26-23)21-20(25)24(31)29(21)27-22(30)15-8-10-17(11-9-15)28-12-4-5-13-28/h2-14,20-21H,1H3,(H,27,30). The molecular formula is C24H19ClN4O3. The summed E-state index contributed by atoms with van der Waals surface area (Å²) >= 11 is 6.35. The number of ether oxygens (including phenoxy) is 1. The van der Waals surface area contributed by atoms with E-state index in [4.69, 9.17) is 16.3 Å². The monoisotopic (exact) mass is 446 g/mol. The summed E-state index contributed by atoms with van der Waals surface area (Å²) in [6, 6.07) is 19.8. The average Bonchev–Trinajstić information content (AvgIpc) is 3.38. The molecule has 1 aliphatic heterocycles. The number of para-hydroxylation sites is 1. The molecular weight excluding hydrogens is 428 g/mol. The second-order valence-electron chi connectivity index (χ2n) is 7.41. The zero-order valence-corrected chi connectivity index (χ0v) is 17.9. The molecule has 1 aliphatic rings. The molecule has 0 radical (unpaired) electrons. The number of benzene rings is 2. The number of nitrogens with one attached hydrogen (secondary N) is 1. The number of hydrogen-bond donors (Lipinski definition) is 1. The molecule has 2 atom stereocenters. The van der Waals surface area contributed by atoms with Crippen LogP contribution in [0.25, 0.3) is 16.6 Å². The molecule has 2 aromatic heterocycles. The fourth-order valence-electron chi connectivity index (χ4n) is 3.83. The van der Waals surface area contributed by atoms with Crippen molar-refractivity contribution in [3.8, 4) is 11.6 Å². The van der Waals surface area contributed by atoms with E-state index in [1.807, 2.05) is 71.6 Å².